The fraction of sp³-hybridized carbons (Fsp3) is 0.300. The maximum absolute atomic E-state index is 12.4. The average Bonchev–Trinajstić information content (AvgIpc) is 2.71. The maximum Gasteiger partial charge on any atom is 0.223 e. The Morgan fingerprint density at radius 2 is 1.86 bits per heavy atom. The molecular formula is C20H21Cl2N3O3S. The zero-order valence-corrected chi connectivity index (χ0v) is 18.2. The van der Waals surface area contributed by atoms with E-state index in [1.54, 1.807) is 24.1 Å². The molecular weight excluding hydrogens is 433 g/mol. The van der Waals surface area contributed by atoms with Crippen molar-refractivity contribution < 1.29 is 13.2 Å². The van der Waals surface area contributed by atoms with Crippen LogP contribution in [0.25, 0.3) is 0 Å². The Morgan fingerprint density at radius 1 is 1.17 bits per heavy atom. The quantitative estimate of drug-likeness (QED) is 0.588. The van der Waals surface area contributed by atoms with Crippen molar-refractivity contribution in [2.75, 3.05) is 26.0 Å². The van der Waals surface area contributed by atoms with E-state index in [1.165, 1.54) is 18.2 Å². The lowest BCUT2D eigenvalue weighted by Gasteiger charge is -2.17. The number of nitriles is 1. The van der Waals surface area contributed by atoms with E-state index in [-0.39, 0.29) is 39.7 Å². The van der Waals surface area contributed by atoms with Gasteiger partial charge in [-0.25, -0.2) is 8.42 Å². The summed E-state index contributed by atoms with van der Waals surface area (Å²) >= 11 is 11.8. The molecule has 0 saturated heterocycles. The first-order chi connectivity index (χ1) is 13.7. The van der Waals surface area contributed by atoms with Crippen LogP contribution in [0.1, 0.15) is 17.5 Å². The van der Waals surface area contributed by atoms with Crippen LogP contribution in [0.15, 0.2) is 47.4 Å². The van der Waals surface area contributed by atoms with Gasteiger partial charge in [0.25, 0.3) is 0 Å². The van der Waals surface area contributed by atoms with Crippen molar-refractivity contribution in [1.82, 2.24) is 10.2 Å². The number of nitrogens with zero attached hydrogens (tertiary/aromatic N) is 2. The fourth-order valence-corrected chi connectivity index (χ4v) is 4.50. The second-order valence-electron chi connectivity index (χ2n) is 6.46. The second kappa shape index (κ2) is 10.6. The van der Waals surface area contributed by atoms with Crippen LogP contribution in [0.2, 0.25) is 10.0 Å². The summed E-state index contributed by atoms with van der Waals surface area (Å²) in [7, 11) is -1.96. The number of sulfone groups is 1. The first-order valence-corrected chi connectivity index (χ1v) is 11.3. The number of hydrogen-bond acceptors (Lipinski definition) is 5. The molecule has 0 aliphatic rings. The Hall–Kier alpha value is -2.11. The fourth-order valence-electron chi connectivity index (χ4n) is 2.55. The zero-order chi connectivity index (χ0) is 21.4. The van der Waals surface area contributed by atoms with Crippen molar-refractivity contribution in [3.63, 3.8) is 0 Å². The van der Waals surface area contributed by atoms with Crippen LogP contribution in [-0.2, 0) is 21.1 Å². The minimum atomic E-state index is -3.66. The van der Waals surface area contributed by atoms with Gasteiger partial charge in [0.15, 0.2) is 9.84 Å². The van der Waals surface area contributed by atoms with Crippen LogP contribution in [-0.4, -0.2) is 45.2 Å². The Balaban J connectivity index is 1.77. The Labute approximate surface area is 181 Å². The van der Waals surface area contributed by atoms with Gasteiger partial charge in [0.1, 0.15) is 5.88 Å². The number of hydrogen-bond donors (Lipinski definition) is 1. The van der Waals surface area contributed by atoms with E-state index in [4.69, 9.17) is 28.5 Å². The summed E-state index contributed by atoms with van der Waals surface area (Å²) < 4.78 is 24.7. The molecule has 0 aliphatic carbocycles. The number of halogens is 2. The van der Waals surface area contributed by atoms with E-state index in [9.17, 15) is 13.2 Å². The van der Waals surface area contributed by atoms with E-state index >= 15 is 0 Å². The Morgan fingerprint density at radius 3 is 2.52 bits per heavy atom. The number of carbonyl (C=O) groups excluding carboxylic acids is 1. The molecule has 0 radical (unpaired) electrons. The minimum absolute atomic E-state index is 0.0370. The van der Waals surface area contributed by atoms with Crippen LogP contribution < -0.4 is 5.32 Å². The normalized spacial score (nSPS) is 11.1. The highest BCUT2D eigenvalue weighted by Gasteiger charge is 2.18. The van der Waals surface area contributed by atoms with Gasteiger partial charge in [-0.05, 0) is 42.3 Å². The predicted molar refractivity (Wildman–Crippen MR) is 114 cm³/mol. The van der Waals surface area contributed by atoms with Gasteiger partial charge in [0, 0.05) is 31.6 Å². The van der Waals surface area contributed by atoms with E-state index in [0.717, 1.165) is 5.56 Å². The van der Waals surface area contributed by atoms with E-state index in [1.807, 2.05) is 12.1 Å². The third kappa shape index (κ3) is 7.02. The molecule has 0 fully saturated rings. The van der Waals surface area contributed by atoms with E-state index < -0.39 is 9.84 Å². The number of rotatable bonds is 9. The molecule has 0 saturated carbocycles. The Kier molecular flexibility index (Phi) is 8.47. The molecule has 0 aliphatic heterocycles. The van der Waals surface area contributed by atoms with Crippen LogP contribution in [0.4, 0.5) is 0 Å². The largest absolute Gasteiger partial charge is 0.345 e. The summed E-state index contributed by atoms with van der Waals surface area (Å²) in [4.78, 5) is 13.8. The number of carbonyl (C=O) groups is 1. The van der Waals surface area contributed by atoms with Crippen LogP contribution in [0, 0.1) is 11.3 Å². The van der Waals surface area contributed by atoms with Gasteiger partial charge in [0.05, 0.1) is 21.6 Å². The van der Waals surface area contributed by atoms with Gasteiger partial charge in [-0.1, -0.05) is 35.3 Å². The van der Waals surface area contributed by atoms with Gasteiger partial charge in [-0.3, -0.25) is 4.79 Å². The topological polar surface area (TPSA) is 90.3 Å². The molecule has 2 rings (SSSR count). The highest BCUT2D eigenvalue weighted by molar-refractivity contribution is 7.91. The van der Waals surface area contributed by atoms with Gasteiger partial charge in [-0.2, -0.15) is 5.26 Å². The standard InChI is InChI=1S/C20H21Cl2N3O3S/c1-25(11-9-15-2-4-16(13-23)5-3-15)20(26)8-10-24-14-29(27,28)19-12-17(21)6-7-18(19)22/h2-7,12,24H,8-11,14H2,1H3. The van der Waals surface area contributed by atoms with Crippen molar-refractivity contribution in [2.24, 2.45) is 0 Å². The lowest BCUT2D eigenvalue weighted by Crippen LogP contribution is -2.32. The van der Waals surface area contributed by atoms with Crippen molar-refractivity contribution in [3.8, 4) is 6.07 Å². The smallest absolute Gasteiger partial charge is 0.223 e. The third-order valence-corrected chi connectivity index (χ3v) is 6.55. The van der Waals surface area contributed by atoms with Gasteiger partial charge in [0.2, 0.25) is 5.91 Å². The van der Waals surface area contributed by atoms with E-state index in [2.05, 4.69) is 11.4 Å². The third-order valence-electron chi connectivity index (χ3n) is 4.28. The average molecular weight is 454 g/mol. The van der Waals surface area contributed by atoms with Gasteiger partial charge in [-0.15, -0.1) is 0 Å². The van der Waals surface area contributed by atoms with Crippen molar-refractivity contribution >= 4 is 38.9 Å². The highest BCUT2D eigenvalue weighted by Crippen LogP contribution is 2.25. The molecule has 0 unspecified atom stereocenters. The second-order valence-corrected chi connectivity index (χ2v) is 9.26. The van der Waals surface area contributed by atoms with Crippen molar-refractivity contribution in [2.45, 2.75) is 17.7 Å². The molecule has 1 amide bonds. The number of nitrogens with one attached hydrogen (secondary N) is 1. The predicted octanol–water partition coefficient (Wildman–Crippen LogP) is 3.28. The van der Waals surface area contributed by atoms with Gasteiger partial charge >= 0.3 is 0 Å². The molecule has 0 aromatic heterocycles. The lowest BCUT2D eigenvalue weighted by molar-refractivity contribution is -0.129. The molecule has 0 spiro atoms. The van der Waals surface area contributed by atoms with Crippen LogP contribution in [0.3, 0.4) is 0 Å². The molecule has 29 heavy (non-hydrogen) atoms. The van der Waals surface area contributed by atoms with Crippen LogP contribution in [0.5, 0.6) is 0 Å². The molecule has 154 valence electrons. The zero-order valence-electron chi connectivity index (χ0n) is 15.9. The molecule has 0 bridgehead atoms. The molecule has 2 aromatic carbocycles. The number of benzene rings is 2. The van der Waals surface area contributed by atoms with Crippen LogP contribution >= 0.6 is 23.2 Å². The molecule has 1 N–H and O–H groups in total. The molecule has 9 heteroatoms. The molecule has 0 atom stereocenters. The number of amides is 1. The lowest BCUT2D eigenvalue weighted by atomic mass is 10.1. The summed E-state index contributed by atoms with van der Waals surface area (Å²) in [5, 5.41) is 12.0. The molecule has 0 heterocycles. The Bertz CT molecular complexity index is 1000. The summed E-state index contributed by atoms with van der Waals surface area (Å²) in [6, 6.07) is 13.5. The first kappa shape index (κ1) is 23.2. The minimum Gasteiger partial charge on any atom is -0.345 e. The summed E-state index contributed by atoms with van der Waals surface area (Å²) in [6.45, 7) is 0.749. The maximum atomic E-state index is 12.4. The number of likely N-dealkylation sites (N-methyl/N-ethyl adjacent to an activating group) is 1. The van der Waals surface area contributed by atoms with Crippen molar-refractivity contribution in [3.05, 3.63) is 63.6 Å². The first-order valence-electron chi connectivity index (χ1n) is 8.84. The van der Waals surface area contributed by atoms with E-state index in [0.29, 0.717) is 18.5 Å². The monoisotopic (exact) mass is 453 g/mol. The summed E-state index contributed by atoms with van der Waals surface area (Å²) in [5.41, 5.74) is 1.63. The summed E-state index contributed by atoms with van der Waals surface area (Å²) in [6.07, 6.45) is 0.839. The van der Waals surface area contributed by atoms with Gasteiger partial charge < -0.3 is 10.2 Å². The molecule has 2 aromatic rings. The van der Waals surface area contributed by atoms with Crippen molar-refractivity contribution in [1.29, 1.82) is 5.26 Å². The molecule has 6 nitrogen and oxygen atoms in total. The SMILES string of the molecule is CN(CCc1ccc(C#N)cc1)C(=O)CCNCS(=O)(=O)c1cc(Cl)ccc1Cl. The highest BCUT2D eigenvalue weighted by atomic mass is 35.5. The summed E-state index contributed by atoms with van der Waals surface area (Å²) in [5.74, 6) is -0.431.